The lowest BCUT2D eigenvalue weighted by molar-refractivity contribution is -0.131. The number of pyridine rings is 2. The van der Waals surface area contributed by atoms with Crippen LogP contribution in [-0.2, 0) is 29.0 Å². The van der Waals surface area contributed by atoms with Crippen molar-refractivity contribution in [1.82, 2.24) is 35.3 Å². The van der Waals surface area contributed by atoms with Gasteiger partial charge < -0.3 is 30.6 Å². The van der Waals surface area contributed by atoms with E-state index in [1.54, 1.807) is 43.0 Å². The van der Waals surface area contributed by atoms with Gasteiger partial charge in [0, 0.05) is 56.1 Å². The topological polar surface area (TPSA) is 168 Å². The van der Waals surface area contributed by atoms with E-state index in [2.05, 4.69) is 20.6 Å². The Hall–Kier alpha value is -6.34. The Morgan fingerprint density at radius 3 is 2.06 bits per heavy atom. The highest BCUT2D eigenvalue weighted by Gasteiger charge is 2.44. The summed E-state index contributed by atoms with van der Waals surface area (Å²) in [6.07, 6.45) is 1.64. The first-order chi connectivity index (χ1) is 29.9. The number of hydrogen-bond acceptors (Lipinski definition) is 7. The Labute approximate surface area is 370 Å². The van der Waals surface area contributed by atoms with Crippen molar-refractivity contribution in [3.63, 3.8) is 0 Å². The van der Waals surface area contributed by atoms with Gasteiger partial charge in [0.05, 0.1) is 23.4 Å². The highest BCUT2D eigenvalue weighted by Crippen LogP contribution is 2.30. The zero-order chi connectivity index (χ0) is 45.5. The second kappa shape index (κ2) is 19.8. The van der Waals surface area contributed by atoms with Crippen molar-refractivity contribution in [2.24, 2.45) is 10.8 Å². The molecule has 4 N–H and O–H groups in total. The van der Waals surface area contributed by atoms with Gasteiger partial charge in [-0.25, -0.2) is 9.59 Å². The maximum Gasteiger partial charge on any atom is 0.407 e. The van der Waals surface area contributed by atoms with Gasteiger partial charge in [0.15, 0.2) is 0 Å². The quantitative estimate of drug-likeness (QED) is 0.0810. The zero-order valence-electron chi connectivity index (χ0n) is 37.4. The molecule has 0 saturated carbocycles. The van der Waals surface area contributed by atoms with Crippen LogP contribution in [0.25, 0.3) is 22.2 Å². The van der Waals surface area contributed by atoms with Crippen molar-refractivity contribution in [1.29, 1.82) is 0 Å². The summed E-state index contributed by atoms with van der Waals surface area (Å²) in [7, 11) is 1.36. The number of carboxylic acid groups (broad SMARTS) is 1. The number of aliphatic hydroxyl groups excluding tert-OH is 1. The number of amides is 5. The molecule has 5 aromatic rings. The molecule has 0 aliphatic carbocycles. The van der Waals surface area contributed by atoms with E-state index in [0.717, 1.165) is 43.8 Å². The number of carbonyl (C=O) groups is 4. The van der Waals surface area contributed by atoms with Crippen LogP contribution in [0.1, 0.15) is 64.7 Å². The molecule has 5 atom stereocenters. The number of nitrogens with zero attached hydrogens (tertiary/aromatic N) is 5. The molecule has 332 valence electrons. The van der Waals surface area contributed by atoms with Crippen molar-refractivity contribution < 1.29 is 29.4 Å². The summed E-state index contributed by atoms with van der Waals surface area (Å²) in [4.78, 5) is 68.6. The summed E-state index contributed by atoms with van der Waals surface area (Å²) in [6.45, 7) is 12.4. The highest BCUT2D eigenvalue weighted by molar-refractivity contribution is 5.89. The molecule has 63 heavy (non-hydrogen) atoms. The second-order valence-corrected chi connectivity index (χ2v) is 18.7. The first kappa shape index (κ1) is 46.2. The van der Waals surface area contributed by atoms with E-state index in [9.17, 15) is 29.4 Å². The molecule has 1 aliphatic rings. The molecule has 13 nitrogen and oxygen atoms in total. The molecule has 0 spiro atoms. The lowest BCUT2D eigenvalue weighted by atomic mass is 9.84. The first-order valence-electron chi connectivity index (χ1n) is 21.6. The maximum atomic E-state index is 14.7. The number of nitrogens with one attached hydrogen (secondary N) is 2. The molecule has 2 aromatic heterocycles. The van der Waals surface area contributed by atoms with Crippen LogP contribution in [0.3, 0.4) is 0 Å². The average molecular weight is 856 g/mol. The predicted molar refractivity (Wildman–Crippen MR) is 245 cm³/mol. The van der Waals surface area contributed by atoms with Gasteiger partial charge in [-0.15, -0.1) is 0 Å². The average Bonchev–Trinajstić information content (AvgIpc) is 3.58. The summed E-state index contributed by atoms with van der Waals surface area (Å²) in [6, 6.07) is 29.1. The molecule has 0 unspecified atom stereocenters. The Bertz CT molecular complexity index is 2340. The van der Waals surface area contributed by atoms with Crippen LogP contribution < -0.4 is 10.6 Å². The van der Waals surface area contributed by atoms with Gasteiger partial charge >= 0.3 is 12.1 Å². The molecule has 0 radical (unpaired) electrons. The second-order valence-electron chi connectivity index (χ2n) is 18.7. The minimum absolute atomic E-state index is 0.0403. The minimum Gasteiger partial charge on any atom is -0.465 e. The number of aromatic nitrogens is 2. The molecule has 3 aromatic carbocycles. The third-order valence-corrected chi connectivity index (χ3v) is 11.7. The van der Waals surface area contributed by atoms with Gasteiger partial charge in [0.1, 0.15) is 12.1 Å². The smallest absolute Gasteiger partial charge is 0.407 e. The highest BCUT2D eigenvalue weighted by atomic mass is 16.4. The lowest BCUT2D eigenvalue weighted by Crippen LogP contribution is -2.59. The van der Waals surface area contributed by atoms with Crippen molar-refractivity contribution >= 4 is 34.8 Å². The molecule has 3 heterocycles. The summed E-state index contributed by atoms with van der Waals surface area (Å²) < 4.78 is 0. The fourth-order valence-corrected chi connectivity index (χ4v) is 8.72. The zero-order valence-corrected chi connectivity index (χ0v) is 37.4. The molecule has 0 bridgehead atoms. The number of likely N-dealkylation sites (N-methyl/N-ethyl adjacent to an activating group) is 1. The summed E-state index contributed by atoms with van der Waals surface area (Å²) >= 11 is 0. The fraction of sp³-hybridized carbons (Fsp3) is 0.400. The van der Waals surface area contributed by atoms with E-state index in [1.807, 2.05) is 124 Å². The van der Waals surface area contributed by atoms with Crippen molar-refractivity contribution in [2.75, 3.05) is 20.1 Å². The lowest BCUT2D eigenvalue weighted by Gasteiger charge is -2.38. The summed E-state index contributed by atoms with van der Waals surface area (Å²) in [5.41, 5.74) is 3.84. The molecule has 1 saturated heterocycles. The van der Waals surface area contributed by atoms with E-state index >= 15 is 0 Å². The molecular weight excluding hydrogens is 795 g/mol. The number of carbonyl (C=O) groups excluding carboxylic acids is 3. The van der Waals surface area contributed by atoms with Crippen molar-refractivity contribution in [3.8, 4) is 11.3 Å². The normalized spacial score (nSPS) is 15.7. The monoisotopic (exact) mass is 855 g/mol. The number of fused-ring (bicyclic) bond motifs is 1. The predicted octanol–water partition coefficient (Wildman–Crippen LogP) is 7.18. The third kappa shape index (κ3) is 11.6. The van der Waals surface area contributed by atoms with Crippen LogP contribution in [0.15, 0.2) is 116 Å². The molecule has 13 heteroatoms. The number of hydrogen-bond donors (Lipinski definition) is 4. The fourth-order valence-electron chi connectivity index (χ4n) is 8.72. The molecule has 1 aliphatic heterocycles. The summed E-state index contributed by atoms with van der Waals surface area (Å²) in [5.74, 6) is -0.892. The summed E-state index contributed by atoms with van der Waals surface area (Å²) in [5, 5.41) is 29.5. The third-order valence-electron chi connectivity index (χ3n) is 11.7. The van der Waals surface area contributed by atoms with Gasteiger partial charge in [-0.1, -0.05) is 120 Å². The van der Waals surface area contributed by atoms with Gasteiger partial charge in [0.25, 0.3) is 0 Å². The Balaban J connectivity index is 1.26. The van der Waals surface area contributed by atoms with Crippen molar-refractivity contribution in [3.05, 3.63) is 132 Å². The number of aliphatic hydroxyl groups is 1. The SMILES string of the molecule is CN(C(=O)O)[C@H](C(=O)N[C@@H](Cc1ccc(-c2ccccn2)cc1)[C@@H](O)C[C@H](Cc1ccccc1)NC(=O)[C@@H](N1CCN(Cc2ccnc3ccccc23)C1=O)C(C)(C)C)C(C)(C)C. The van der Waals surface area contributed by atoms with Gasteiger partial charge in [0.2, 0.25) is 11.8 Å². The van der Waals surface area contributed by atoms with E-state index in [4.69, 9.17) is 0 Å². The first-order valence-corrected chi connectivity index (χ1v) is 21.6. The van der Waals surface area contributed by atoms with Crippen LogP contribution in [0.4, 0.5) is 9.59 Å². The largest absolute Gasteiger partial charge is 0.465 e. The molecule has 5 amide bonds. The number of rotatable bonds is 16. The van der Waals surface area contributed by atoms with Crippen LogP contribution >= 0.6 is 0 Å². The van der Waals surface area contributed by atoms with Crippen LogP contribution in [0, 0.1) is 10.8 Å². The van der Waals surface area contributed by atoms with E-state index in [1.165, 1.54) is 7.05 Å². The van der Waals surface area contributed by atoms with Gasteiger partial charge in [-0.3, -0.25) is 24.5 Å². The number of benzene rings is 3. The Kier molecular flexibility index (Phi) is 14.5. The maximum absolute atomic E-state index is 14.7. The Morgan fingerprint density at radius 2 is 1.41 bits per heavy atom. The number of para-hydroxylation sites is 1. The molecule has 1 fully saturated rings. The van der Waals surface area contributed by atoms with Gasteiger partial charge in [-0.05, 0) is 71.0 Å². The van der Waals surface area contributed by atoms with Crippen LogP contribution in [0.2, 0.25) is 0 Å². The van der Waals surface area contributed by atoms with E-state index < -0.39 is 53.1 Å². The standard InChI is InChI=1S/C50H61N7O6/c1-49(2,3)43(55(7)48(62)63)45(59)54-41(30-34-20-22-35(23-21-34)39-18-13-14-25-51-39)42(58)31-37(29-33-15-9-8-10-16-33)53-46(60)44(50(4,5)6)57-28-27-56(47(57)61)32-36-24-26-52-40-19-12-11-17-38(36)40/h8-26,37,41-44,58H,27-32H2,1-7H3,(H,53,60)(H,54,59)(H,62,63)/t37-,41-,42-,43+,44+/m0/s1. The van der Waals surface area contributed by atoms with Crippen LogP contribution in [0.5, 0.6) is 0 Å². The van der Waals surface area contributed by atoms with E-state index in [0.29, 0.717) is 26.1 Å². The Morgan fingerprint density at radius 1 is 0.746 bits per heavy atom. The number of urea groups is 1. The molecule has 6 rings (SSSR count). The van der Waals surface area contributed by atoms with Crippen molar-refractivity contribution in [2.45, 2.75) is 97.6 Å². The molecular formula is C50H61N7O6. The van der Waals surface area contributed by atoms with Gasteiger partial charge in [-0.2, -0.15) is 0 Å². The van der Waals surface area contributed by atoms with Crippen LogP contribution in [-0.4, -0.2) is 109 Å². The van der Waals surface area contributed by atoms with E-state index in [-0.39, 0.29) is 24.8 Å². The minimum atomic E-state index is -1.25.